The second-order valence-electron chi connectivity index (χ2n) is 5.99. The fourth-order valence-corrected chi connectivity index (χ4v) is 2.19. The van der Waals surface area contributed by atoms with Gasteiger partial charge < -0.3 is 15.1 Å². The van der Waals surface area contributed by atoms with Crippen molar-refractivity contribution in [1.82, 2.24) is 15.1 Å². The Morgan fingerprint density at radius 3 is 2.25 bits per heavy atom. The van der Waals surface area contributed by atoms with E-state index in [-0.39, 0.29) is 0 Å². The first-order valence-electron chi connectivity index (χ1n) is 7.65. The Morgan fingerprint density at radius 2 is 1.70 bits per heavy atom. The van der Waals surface area contributed by atoms with Gasteiger partial charge in [-0.3, -0.25) is 0 Å². The Bertz CT molecular complexity index is 359. The topological polar surface area (TPSA) is 18.5 Å². The van der Waals surface area contributed by atoms with Crippen LogP contribution in [0, 0.1) is 0 Å². The van der Waals surface area contributed by atoms with Crippen molar-refractivity contribution < 1.29 is 0 Å². The number of nitrogens with zero attached hydrogens (tertiary/aromatic N) is 2. The van der Waals surface area contributed by atoms with Gasteiger partial charge in [0.15, 0.2) is 0 Å². The predicted octanol–water partition coefficient (Wildman–Crippen LogP) is 2.39. The molecule has 0 saturated heterocycles. The Morgan fingerprint density at radius 1 is 1.05 bits per heavy atom. The van der Waals surface area contributed by atoms with Crippen LogP contribution in [0.1, 0.15) is 30.9 Å². The summed E-state index contributed by atoms with van der Waals surface area (Å²) in [6.45, 7) is 9.76. The van der Waals surface area contributed by atoms with Gasteiger partial charge in [-0.2, -0.15) is 0 Å². The summed E-state index contributed by atoms with van der Waals surface area (Å²) < 4.78 is 0. The second kappa shape index (κ2) is 9.11. The molecule has 3 nitrogen and oxygen atoms in total. The molecule has 0 fully saturated rings. The summed E-state index contributed by atoms with van der Waals surface area (Å²) in [6.07, 6.45) is 0. The van der Waals surface area contributed by atoms with Crippen molar-refractivity contribution in [2.75, 3.05) is 47.3 Å². The maximum absolute atomic E-state index is 3.41. The predicted molar refractivity (Wildman–Crippen MR) is 88.3 cm³/mol. The summed E-state index contributed by atoms with van der Waals surface area (Å²) in [6, 6.07) is 9.09. The summed E-state index contributed by atoms with van der Waals surface area (Å²) in [5.41, 5.74) is 2.82. The lowest BCUT2D eigenvalue weighted by Gasteiger charge is -2.20. The zero-order valence-corrected chi connectivity index (χ0v) is 13.8. The molecule has 1 rings (SSSR count). The maximum atomic E-state index is 3.41. The average molecular weight is 277 g/mol. The largest absolute Gasteiger partial charge is 0.316 e. The maximum Gasteiger partial charge on any atom is 0.0231 e. The van der Waals surface area contributed by atoms with Crippen LogP contribution >= 0.6 is 0 Å². The van der Waals surface area contributed by atoms with Crippen molar-refractivity contribution in [2.24, 2.45) is 0 Å². The van der Waals surface area contributed by atoms with Crippen molar-refractivity contribution in [1.29, 1.82) is 0 Å². The van der Waals surface area contributed by atoms with Crippen molar-refractivity contribution in [3.63, 3.8) is 0 Å². The second-order valence-corrected chi connectivity index (χ2v) is 5.99. The molecule has 20 heavy (non-hydrogen) atoms. The van der Waals surface area contributed by atoms with Crippen LogP contribution in [-0.4, -0.2) is 57.1 Å². The molecular formula is C17H31N3. The highest BCUT2D eigenvalue weighted by Crippen LogP contribution is 2.15. The van der Waals surface area contributed by atoms with Gasteiger partial charge in [0, 0.05) is 26.2 Å². The van der Waals surface area contributed by atoms with Gasteiger partial charge in [0.25, 0.3) is 0 Å². The monoisotopic (exact) mass is 277 g/mol. The van der Waals surface area contributed by atoms with Crippen molar-refractivity contribution in [3.8, 4) is 0 Å². The third-order valence-electron chi connectivity index (χ3n) is 3.63. The highest BCUT2D eigenvalue weighted by Gasteiger charge is 2.05. The molecule has 0 saturated carbocycles. The Hall–Kier alpha value is -0.900. The number of benzene rings is 1. The Labute approximate surface area is 125 Å². The first-order valence-corrected chi connectivity index (χ1v) is 7.65. The molecular weight excluding hydrogens is 246 g/mol. The van der Waals surface area contributed by atoms with Gasteiger partial charge in [-0.05, 0) is 44.7 Å². The molecule has 0 heterocycles. The minimum atomic E-state index is 0.579. The van der Waals surface area contributed by atoms with E-state index in [1.54, 1.807) is 0 Å². The zero-order valence-electron chi connectivity index (χ0n) is 13.8. The minimum Gasteiger partial charge on any atom is -0.316 e. The standard InChI is InChI=1S/C17H31N3/c1-6-18-13-15(2)17-9-7-16(8-10-17)14-20(5)12-11-19(3)4/h7-10,15,18H,6,11-14H2,1-5H3. The van der Waals surface area contributed by atoms with Gasteiger partial charge in [0.05, 0.1) is 0 Å². The minimum absolute atomic E-state index is 0.579. The molecule has 1 atom stereocenters. The highest BCUT2D eigenvalue weighted by molar-refractivity contribution is 5.25. The molecule has 0 spiro atoms. The van der Waals surface area contributed by atoms with Crippen LogP contribution < -0.4 is 5.32 Å². The van der Waals surface area contributed by atoms with E-state index in [1.165, 1.54) is 11.1 Å². The third kappa shape index (κ3) is 6.51. The molecule has 3 heteroatoms. The summed E-state index contributed by atoms with van der Waals surface area (Å²) in [5.74, 6) is 0.579. The molecule has 0 aromatic heterocycles. The summed E-state index contributed by atoms with van der Waals surface area (Å²) in [7, 11) is 6.42. The van der Waals surface area contributed by atoms with Crippen molar-refractivity contribution in [3.05, 3.63) is 35.4 Å². The van der Waals surface area contributed by atoms with Gasteiger partial charge in [0.2, 0.25) is 0 Å². The molecule has 0 radical (unpaired) electrons. The van der Waals surface area contributed by atoms with Crippen LogP contribution in [0.15, 0.2) is 24.3 Å². The molecule has 0 aliphatic carbocycles. The summed E-state index contributed by atoms with van der Waals surface area (Å²) in [4.78, 5) is 4.60. The van der Waals surface area contributed by atoms with Crippen molar-refractivity contribution in [2.45, 2.75) is 26.3 Å². The van der Waals surface area contributed by atoms with E-state index in [9.17, 15) is 0 Å². The molecule has 1 N–H and O–H groups in total. The summed E-state index contributed by atoms with van der Waals surface area (Å²) >= 11 is 0. The fourth-order valence-electron chi connectivity index (χ4n) is 2.19. The zero-order chi connectivity index (χ0) is 15.0. The molecule has 114 valence electrons. The first kappa shape index (κ1) is 17.2. The normalized spacial score (nSPS) is 13.2. The van der Waals surface area contributed by atoms with Gasteiger partial charge in [-0.25, -0.2) is 0 Å². The van der Waals surface area contributed by atoms with E-state index in [4.69, 9.17) is 0 Å². The van der Waals surface area contributed by atoms with E-state index in [2.05, 4.69) is 74.4 Å². The van der Waals surface area contributed by atoms with E-state index in [0.29, 0.717) is 5.92 Å². The Balaban J connectivity index is 2.45. The lowest BCUT2D eigenvalue weighted by atomic mass is 9.99. The van der Waals surface area contributed by atoms with Crippen LogP contribution in [0.2, 0.25) is 0 Å². The molecule has 0 amide bonds. The fraction of sp³-hybridized carbons (Fsp3) is 0.647. The SMILES string of the molecule is CCNCC(C)c1ccc(CN(C)CCN(C)C)cc1. The molecule has 0 aliphatic rings. The highest BCUT2D eigenvalue weighted by atomic mass is 15.1. The van der Waals surface area contributed by atoms with Gasteiger partial charge in [-0.1, -0.05) is 38.1 Å². The number of hydrogen-bond acceptors (Lipinski definition) is 3. The van der Waals surface area contributed by atoms with E-state index in [1.807, 2.05) is 0 Å². The smallest absolute Gasteiger partial charge is 0.0231 e. The molecule has 1 aromatic rings. The molecule has 1 unspecified atom stereocenters. The van der Waals surface area contributed by atoms with Crippen LogP contribution in [0.25, 0.3) is 0 Å². The van der Waals surface area contributed by atoms with Crippen molar-refractivity contribution >= 4 is 0 Å². The molecule has 0 aliphatic heterocycles. The van der Waals surface area contributed by atoms with E-state index >= 15 is 0 Å². The lowest BCUT2D eigenvalue weighted by Crippen LogP contribution is -2.28. The lowest BCUT2D eigenvalue weighted by molar-refractivity contribution is 0.276. The quantitative estimate of drug-likeness (QED) is 0.748. The van der Waals surface area contributed by atoms with Gasteiger partial charge in [0.1, 0.15) is 0 Å². The third-order valence-corrected chi connectivity index (χ3v) is 3.63. The molecule has 0 bridgehead atoms. The number of nitrogens with one attached hydrogen (secondary N) is 1. The first-order chi connectivity index (χ1) is 9.52. The number of rotatable bonds is 9. The number of hydrogen-bond donors (Lipinski definition) is 1. The molecule has 1 aromatic carbocycles. The van der Waals surface area contributed by atoms with Gasteiger partial charge >= 0.3 is 0 Å². The van der Waals surface area contributed by atoms with Crippen LogP contribution in [0.5, 0.6) is 0 Å². The number of likely N-dealkylation sites (N-methyl/N-ethyl adjacent to an activating group) is 3. The van der Waals surface area contributed by atoms with Crippen LogP contribution in [0.3, 0.4) is 0 Å². The average Bonchev–Trinajstić information content (AvgIpc) is 2.43. The van der Waals surface area contributed by atoms with E-state index in [0.717, 1.165) is 32.7 Å². The van der Waals surface area contributed by atoms with E-state index < -0.39 is 0 Å². The van der Waals surface area contributed by atoms with Crippen LogP contribution in [0.4, 0.5) is 0 Å². The van der Waals surface area contributed by atoms with Crippen LogP contribution in [-0.2, 0) is 6.54 Å². The Kier molecular flexibility index (Phi) is 7.82. The van der Waals surface area contributed by atoms with Gasteiger partial charge in [-0.15, -0.1) is 0 Å². The summed E-state index contributed by atoms with van der Waals surface area (Å²) in [5, 5.41) is 3.41.